The van der Waals surface area contributed by atoms with E-state index in [2.05, 4.69) is 10.6 Å². The Balaban J connectivity index is 1.38. The summed E-state index contributed by atoms with van der Waals surface area (Å²) < 4.78 is 5.09. The van der Waals surface area contributed by atoms with Gasteiger partial charge in [-0.05, 0) is 60.9 Å². The summed E-state index contributed by atoms with van der Waals surface area (Å²) in [4.78, 5) is 39.6. The standard InChI is InChI=1S/C24H21Cl2N3O4/c25-16-8-9-19(26)18(13-16)24(32)29-10-2-6-20(29)22(30)27-14-15-4-1-5-17(12-15)28-23(31)21-7-3-11-33-21/h1,3-5,7-9,11-13,20H,2,6,10,14H2,(H,27,30)(H,28,31). The molecule has 1 saturated heterocycles. The van der Waals surface area contributed by atoms with E-state index >= 15 is 0 Å². The van der Waals surface area contributed by atoms with Crippen LogP contribution in [0.5, 0.6) is 0 Å². The molecule has 2 heterocycles. The Labute approximate surface area is 200 Å². The van der Waals surface area contributed by atoms with Crippen molar-refractivity contribution in [3.05, 3.63) is 87.8 Å². The van der Waals surface area contributed by atoms with Gasteiger partial charge in [-0.25, -0.2) is 0 Å². The molecule has 3 amide bonds. The Morgan fingerprint density at radius 3 is 2.70 bits per heavy atom. The van der Waals surface area contributed by atoms with Crippen LogP contribution in [0, 0.1) is 0 Å². The molecule has 170 valence electrons. The lowest BCUT2D eigenvalue weighted by Gasteiger charge is -2.24. The quantitative estimate of drug-likeness (QED) is 0.526. The Kier molecular flexibility index (Phi) is 7.01. The zero-order valence-corrected chi connectivity index (χ0v) is 19.0. The Morgan fingerprint density at radius 1 is 1.06 bits per heavy atom. The van der Waals surface area contributed by atoms with Crippen LogP contribution >= 0.6 is 23.2 Å². The van der Waals surface area contributed by atoms with E-state index in [1.54, 1.807) is 42.5 Å². The highest BCUT2D eigenvalue weighted by atomic mass is 35.5. The summed E-state index contributed by atoms with van der Waals surface area (Å²) in [5.74, 6) is -0.715. The molecule has 2 N–H and O–H groups in total. The van der Waals surface area contributed by atoms with Gasteiger partial charge < -0.3 is 20.0 Å². The lowest BCUT2D eigenvalue weighted by atomic mass is 10.1. The van der Waals surface area contributed by atoms with Gasteiger partial charge in [-0.1, -0.05) is 35.3 Å². The van der Waals surface area contributed by atoms with Crippen LogP contribution in [0.1, 0.15) is 39.3 Å². The maximum atomic E-state index is 13.0. The number of furan rings is 1. The summed E-state index contributed by atoms with van der Waals surface area (Å²) in [5.41, 5.74) is 1.66. The average Bonchev–Trinajstić information content (AvgIpc) is 3.51. The van der Waals surface area contributed by atoms with Crippen molar-refractivity contribution in [2.24, 2.45) is 0 Å². The van der Waals surface area contributed by atoms with E-state index in [1.165, 1.54) is 17.2 Å². The first-order chi connectivity index (χ1) is 15.9. The van der Waals surface area contributed by atoms with Crippen molar-refractivity contribution < 1.29 is 18.8 Å². The Bertz CT molecular complexity index is 1180. The van der Waals surface area contributed by atoms with Crippen molar-refractivity contribution >= 4 is 46.6 Å². The van der Waals surface area contributed by atoms with Crippen LogP contribution in [0.3, 0.4) is 0 Å². The number of anilines is 1. The second kappa shape index (κ2) is 10.1. The number of halogens is 2. The number of likely N-dealkylation sites (tertiary alicyclic amines) is 1. The smallest absolute Gasteiger partial charge is 0.291 e. The first kappa shape index (κ1) is 22.9. The fraction of sp³-hybridized carbons (Fsp3) is 0.208. The highest BCUT2D eigenvalue weighted by molar-refractivity contribution is 6.35. The van der Waals surface area contributed by atoms with Crippen LogP contribution in [0.2, 0.25) is 10.0 Å². The van der Waals surface area contributed by atoms with Crippen LogP contribution < -0.4 is 10.6 Å². The van der Waals surface area contributed by atoms with Crippen LogP contribution in [0.4, 0.5) is 5.69 Å². The molecule has 1 aromatic heterocycles. The predicted octanol–water partition coefficient (Wildman–Crippen LogP) is 4.76. The van der Waals surface area contributed by atoms with Gasteiger partial charge in [-0.15, -0.1) is 0 Å². The summed E-state index contributed by atoms with van der Waals surface area (Å²) in [6.07, 6.45) is 2.71. The lowest BCUT2D eigenvalue weighted by Crippen LogP contribution is -2.45. The molecular weight excluding hydrogens is 465 g/mol. The van der Waals surface area contributed by atoms with Crippen LogP contribution in [0.25, 0.3) is 0 Å². The number of amides is 3. The number of hydrogen-bond donors (Lipinski definition) is 2. The first-order valence-corrected chi connectivity index (χ1v) is 11.2. The van der Waals surface area contributed by atoms with Crippen molar-refractivity contribution in [2.45, 2.75) is 25.4 Å². The molecule has 33 heavy (non-hydrogen) atoms. The zero-order valence-electron chi connectivity index (χ0n) is 17.5. The number of hydrogen-bond acceptors (Lipinski definition) is 4. The highest BCUT2D eigenvalue weighted by Crippen LogP contribution is 2.26. The van der Waals surface area contributed by atoms with Crippen LogP contribution in [-0.4, -0.2) is 35.2 Å². The Hall–Kier alpha value is -3.29. The summed E-state index contributed by atoms with van der Waals surface area (Å²) in [7, 11) is 0. The average molecular weight is 486 g/mol. The molecule has 0 aliphatic carbocycles. The number of carbonyl (C=O) groups is 3. The summed E-state index contributed by atoms with van der Waals surface area (Å²) in [6.45, 7) is 0.716. The highest BCUT2D eigenvalue weighted by Gasteiger charge is 2.35. The number of benzene rings is 2. The molecule has 9 heteroatoms. The van der Waals surface area contributed by atoms with Gasteiger partial charge in [0.15, 0.2) is 5.76 Å². The third-order valence-corrected chi connectivity index (χ3v) is 5.94. The van der Waals surface area contributed by atoms with Crippen molar-refractivity contribution in [1.82, 2.24) is 10.2 Å². The molecule has 1 aliphatic heterocycles. The molecule has 3 aromatic rings. The van der Waals surface area contributed by atoms with Crippen LogP contribution in [0.15, 0.2) is 65.3 Å². The molecule has 7 nitrogen and oxygen atoms in total. The van der Waals surface area contributed by atoms with E-state index in [0.717, 1.165) is 12.0 Å². The zero-order chi connectivity index (χ0) is 23.4. The minimum Gasteiger partial charge on any atom is -0.459 e. The van der Waals surface area contributed by atoms with E-state index in [9.17, 15) is 14.4 Å². The number of nitrogens with zero attached hydrogens (tertiary/aromatic N) is 1. The monoisotopic (exact) mass is 485 g/mol. The van der Waals surface area contributed by atoms with Gasteiger partial charge in [0.2, 0.25) is 5.91 Å². The predicted molar refractivity (Wildman–Crippen MR) is 125 cm³/mol. The normalized spacial score (nSPS) is 15.3. The maximum Gasteiger partial charge on any atom is 0.291 e. The van der Waals surface area contributed by atoms with Gasteiger partial charge >= 0.3 is 0 Å². The van der Waals surface area contributed by atoms with Crippen molar-refractivity contribution in [3.8, 4) is 0 Å². The van der Waals surface area contributed by atoms with E-state index in [0.29, 0.717) is 28.7 Å². The molecule has 0 spiro atoms. The minimum atomic E-state index is -0.589. The molecule has 0 saturated carbocycles. The summed E-state index contributed by atoms with van der Waals surface area (Å²) >= 11 is 12.2. The second-order valence-corrected chi connectivity index (χ2v) is 8.47. The fourth-order valence-electron chi connectivity index (χ4n) is 3.76. The van der Waals surface area contributed by atoms with E-state index in [1.807, 2.05) is 6.07 Å². The SMILES string of the molecule is O=C(Nc1cccc(CNC(=O)C2CCCN2C(=O)c2cc(Cl)ccc2Cl)c1)c1ccco1. The van der Waals surface area contributed by atoms with Crippen molar-refractivity contribution in [1.29, 1.82) is 0 Å². The van der Waals surface area contributed by atoms with Gasteiger partial charge in [0, 0.05) is 23.8 Å². The molecule has 1 atom stereocenters. The van der Waals surface area contributed by atoms with E-state index in [-0.39, 0.29) is 35.6 Å². The van der Waals surface area contributed by atoms with Gasteiger partial charge in [-0.2, -0.15) is 0 Å². The molecule has 0 bridgehead atoms. The Morgan fingerprint density at radius 2 is 1.91 bits per heavy atom. The molecule has 0 radical (unpaired) electrons. The molecule has 1 unspecified atom stereocenters. The van der Waals surface area contributed by atoms with Gasteiger partial charge in [0.1, 0.15) is 6.04 Å². The first-order valence-electron chi connectivity index (χ1n) is 10.4. The molecule has 1 fully saturated rings. The van der Waals surface area contributed by atoms with Crippen LogP contribution in [-0.2, 0) is 11.3 Å². The van der Waals surface area contributed by atoms with Gasteiger partial charge in [0.25, 0.3) is 11.8 Å². The maximum absolute atomic E-state index is 13.0. The molecule has 4 rings (SSSR count). The summed E-state index contributed by atoms with van der Waals surface area (Å²) in [6, 6.07) is 14.5. The van der Waals surface area contributed by atoms with Crippen molar-refractivity contribution in [2.75, 3.05) is 11.9 Å². The minimum absolute atomic E-state index is 0.208. The summed E-state index contributed by atoms with van der Waals surface area (Å²) in [5, 5.41) is 6.34. The van der Waals surface area contributed by atoms with E-state index < -0.39 is 6.04 Å². The molecule has 1 aliphatic rings. The number of carbonyl (C=O) groups excluding carboxylic acids is 3. The lowest BCUT2D eigenvalue weighted by molar-refractivity contribution is -0.125. The fourth-order valence-corrected chi connectivity index (χ4v) is 4.14. The van der Waals surface area contributed by atoms with Gasteiger partial charge in [-0.3, -0.25) is 14.4 Å². The van der Waals surface area contributed by atoms with Crippen molar-refractivity contribution in [3.63, 3.8) is 0 Å². The largest absolute Gasteiger partial charge is 0.459 e. The number of rotatable bonds is 6. The second-order valence-electron chi connectivity index (χ2n) is 7.63. The molecular formula is C24H21Cl2N3O4. The van der Waals surface area contributed by atoms with Gasteiger partial charge in [0.05, 0.1) is 16.8 Å². The van der Waals surface area contributed by atoms with E-state index in [4.69, 9.17) is 27.6 Å². The molecule has 2 aromatic carbocycles. The third kappa shape index (κ3) is 5.38. The topological polar surface area (TPSA) is 91.7 Å². The third-order valence-electron chi connectivity index (χ3n) is 5.37. The number of nitrogens with one attached hydrogen (secondary N) is 2.